The minimum absolute atomic E-state index is 0.0177. The fourth-order valence-corrected chi connectivity index (χ4v) is 2.76. The van der Waals surface area contributed by atoms with Crippen molar-refractivity contribution in [3.63, 3.8) is 0 Å². The van der Waals surface area contributed by atoms with Crippen molar-refractivity contribution in [3.8, 4) is 0 Å². The molecule has 1 N–H and O–H groups in total. The van der Waals surface area contributed by atoms with Gasteiger partial charge in [-0.25, -0.2) is 4.98 Å². The zero-order chi connectivity index (χ0) is 12.4. The van der Waals surface area contributed by atoms with Gasteiger partial charge < -0.3 is 10.1 Å². The first kappa shape index (κ1) is 11.6. The number of carbonyl (C=O) groups excluding carboxylic acids is 1. The number of carbonyl (C=O) groups is 1. The Labute approximate surface area is 108 Å². The second-order valence-electron chi connectivity index (χ2n) is 4.29. The molecule has 0 aromatic carbocycles. The zero-order valence-electron chi connectivity index (χ0n) is 9.76. The van der Waals surface area contributed by atoms with Crippen molar-refractivity contribution in [1.29, 1.82) is 0 Å². The Hall–Kier alpha value is -1.53. The molecule has 3 heterocycles. The van der Waals surface area contributed by atoms with Gasteiger partial charge in [0, 0.05) is 12.8 Å². The van der Waals surface area contributed by atoms with Gasteiger partial charge in [0.15, 0.2) is 5.65 Å². The molecule has 18 heavy (non-hydrogen) atoms. The lowest BCUT2D eigenvalue weighted by molar-refractivity contribution is -0.123. The molecule has 6 heteroatoms. The Bertz CT molecular complexity index is 563. The highest BCUT2D eigenvalue weighted by Crippen LogP contribution is 2.27. The first-order valence-electron chi connectivity index (χ1n) is 5.93. The SMILES string of the molecule is O=C(Nc1snc2ncccc12)[C@@H]1CCCOC1. The van der Waals surface area contributed by atoms with Crippen LogP contribution in [-0.4, -0.2) is 28.5 Å². The molecule has 0 saturated carbocycles. The molecule has 2 aromatic heterocycles. The summed E-state index contributed by atoms with van der Waals surface area (Å²) in [5.74, 6) is -0.0309. The standard InChI is InChI=1S/C12H13N3O2S/c16-11(8-3-2-6-17-7-8)14-12-9-4-1-5-13-10(9)15-18-12/h1,4-5,8H,2-3,6-7H2,(H,14,16)/t8-/m1/s1. The molecule has 2 aromatic rings. The third kappa shape index (κ3) is 2.21. The van der Waals surface area contributed by atoms with E-state index in [0.717, 1.165) is 29.8 Å². The van der Waals surface area contributed by atoms with Gasteiger partial charge in [-0.3, -0.25) is 4.79 Å². The maximum Gasteiger partial charge on any atom is 0.230 e. The third-order valence-corrected chi connectivity index (χ3v) is 3.79. The number of hydrogen-bond acceptors (Lipinski definition) is 5. The summed E-state index contributed by atoms with van der Waals surface area (Å²) in [6.07, 6.45) is 3.53. The van der Waals surface area contributed by atoms with Crippen LogP contribution >= 0.6 is 11.5 Å². The fourth-order valence-electron chi connectivity index (χ4n) is 2.04. The van der Waals surface area contributed by atoms with Crippen molar-refractivity contribution in [2.24, 2.45) is 5.92 Å². The van der Waals surface area contributed by atoms with E-state index < -0.39 is 0 Å². The van der Waals surface area contributed by atoms with Crippen LogP contribution in [0.25, 0.3) is 11.0 Å². The lowest BCUT2D eigenvalue weighted by Crippen LogP contribution is -2.29. The average Bonchev–Trinajstić information content (AvgIpc) is 2.83. The van der Waals surface area contributed by atoms with Gasteiger partial charge in [-0.15, -0.1) is 0 Å². The Morgan fingerprint density at radius 3 is 3.33 bits per heavy atom. The molecule has 0 aliphatic carbocycles. The highest BCUT2D eigenvalue weighted by Gasteiger charge is 2.22. The molecule has 1 fully saturated rings. The van der Waals surface area contributed by atoms with Gasteiger partial charge >= 0.3 is 0 Å². The fraction of sp³-hybridized carbons (Fsp3) is 0.417. The number of hydrogen-bond donors (Lipinski definition) is 1. The maximum atomic E-state index is 12.1. The van der Waals surface area contributed by atoms with Crippen molar-refractivity contribution < 1.29 is 9.53 Å². The van der Waals surface area contributed by atoms with Crippen LogP contribution in [0.2, 0.25) is 0 Å². The normalized spacial score (nSPS) is 19.9. The minimum atomic E-state index is -0.0485. The molecule has 0 spiro atoms. The number of nitrogens with zero attached hydrogens (tertiary/aromatic N) is 2. The van der Waals surface area contributed by atoms with E-state index in [1.165, 1.54) is 11.5 Å². The number of fused-ring (bicyclic) bond motifs is 1. The number of anilines is 1. The van der Waals surface area contributed by atoms with Gasteiger partial charge in [0.2, 0.25) is 5.91 Å². The number of rotatable bonds is 2. The second kappa shape index (κ2) is 4.99. The van der Waals surface area contributed by atoms with Crippen LogP contribution < -0.4 is 5.32 Å². The topological polar surface area (TPSA) is 64.1 Å². The second-order valence-corrected chi connectivity index (χ2v) is 5.06. The Kier molecular flexibility index (Phi) is 3.21. The summed E-state index contributed by atoms with van der Waals surface area (Å²) in [5.41, 5.74) is 0.678. The van der Waals surface area contributed by atoms with Crippen molar-refractivity contribution in [2.75, 3.05) is 18.5 Å². The smallest absolute Gasteiger partial charge is 0.230 e. The van der Waals surface area contributed by atoms with Crippen molar-refractivity contribution in [2.45, 2.75) is 12.8 Å². The first-order chi connectivity index (χ1) is 8.84. The van der Waals surface area contributed by atoms with E-state index in [9.17, 15) is 4.79 Å². The molecule has 1 atom stereocenters. The predicted molar refractivity (Wildman–Crippen MR) is 69.6 cm³/mol. The molecule has 3 rings (SSSR count). The molecule has 1 amide bonds. The largest absolute Gasteiger partial charge is 0.381 e. The van der Waals surface area contributed by atoms with E-state index in [1.54, 1.807) is 6.20 Å². The van der Waals surface area contributed by atoms with E-state index in [-0.39, 0.29) is 11.8 Å². The highest BCUT2D eigenvalue weighted by atomic mass is 32.1. The van der Waals surface area contributed by atoms with Gasteiger partial charge in [-0.05, 0) is 36.5 Å². The highest BCUT2D eigenvalue weighted by molar-refractivity contribution is 7.12. The van der Waals surface area contributed by atoms with Gasteiger partial charge in [0.05, 0.1) is 17.9 Å². The van der Waals surface area contributed by atoms with Crippen molar-refractivity contribution in [3.05, 3.63) is 18.3 Å². The number of aromatic nitrogens is 2. The Morgan fingerprint density at radius 2 is 2.50 bits per heavy atom. The van der Waals surface area contributed by atoms with E-state index in [0.29, 0.717) is 12.3 Å². The molecule has 1 saturated heterocycles. The summed E-state index contributed by atoms with van der Waals surface area (Å²) in [5, 5.41) is 4.60. The van der Waals surface area contributed by atoms with Crippen LogP contribution in [0.15, 0.2) is 18.3 Å². The van der Waals surface area contributed by atoms with Crippen molar-refractivity contribution >= 4 is 33.5 Å². The molecule has 0 unspecified atom stereocenters. The van der Waals surface area contributed by atoms with E-state index in [4.69, 9.17) is 4.74 Å². The quantitative estimate of drug-likeness (QED) is 0.900. The zero-order valence-corrected chi connectivity index (χ0v) is 10.6. The van der Waals surface area contributed by atoms with Crippen LogP contribution in [0, 0.1) is 5.92 Å². The maximum absolute atomic E-state index is 12.1. The summed E-state index contributed by atoms with van der Waals surface area (Å²) in [6, 6.07) is 3.76. The Balaban J connectivity index is 1.77. The van der Waals surface area contributed by atoms with E-state index >= 15 is 0 Å². The molecule has 94 valence electrons. The molecule has 0 bridgehead atoms. The molecular weight excluding hydrogens is 250 g/mol. The summed E-state index contributed by atoms with van der Waals surface area (Å²) in [4.78, 5) is 16.2. The van der Waals surface area contributed by atoms with E-state index in [2.05, 4.69) is 14.7 Å². The van der Waals surface area contributed by atoms with Crippen LogP contribution in [0.5, 0.6) is 0 Å². The van der Waals surface area contributed by atoms with Gasteiger partial charge in [-0.2, -0.15) is 4.37 Å². The number of nitrogens with one attached hydrogen (secondary N) is 1. The minimum Gasteiger partial charge on any atom is -0.381 e. The van der Waals surface area contributed by atoms with Crippen molar-refractivity contribution in [1.82, 2.24) is 9.36 Å². The van der Waals surface area contributed by atoms with Gasteiger partial charge in [0.25, 0.3) is 0 Å². The molecular formula is C12H13N3O2S. The van der Waals surface area contributed by atoms with Gasteiger partial charge in [-0.1, -0.05) is 0 Å². The van der Waals surface area contributed by atoms with Crippen LogP contribution in [0.1, 0.15) is 12.8 Å². The monoisotopic (exact) mass is 263 g/mol. The third-order valence-electron chi connectivity index (χ3n) is 3.02. The lowest BCUT2D eigenvalue weighted by atomic mass is 10.0. The van der Waals surface area contributed by atoms with Crippen LogP contribution in [0.3, 0.4) is 0 Å². The number of pyridine rings is 1. The Morgan fingerprint density at radius 1 is 1.56 bits per heavy atom. The van der Waals surface area contributed by atoms with Crippen LogP contribution in [0.4, 0.5) is 5.00 Å². The molecule has 5 nitrogen and oxygen atoms in total. The molecule has 0 radical (unpaired) electrons. The lowest BCUT2D eigenvalue weighted by Gasteiger charge is -2.20. The molecule has 1 aliphatic rings. The summed E-state index contributed by atoms with van der Waals surface area (Å²) >= 11 is 1.27. The summed E-state index contributed by atoms with van der Waals surface area (Å²) in [7, 11) is 0. The average molecular weight is 263 g/mol. The predicted octanol–water partition coefficient (Wildman–Crippen LogP) is 2.06. The molecule has 1 aliphatic heterocycles. The van der Waals surface area contributed by atoms with E-state index in [1.807, 2.05) is 12.1 Å². The van der Waals surface area contributed by atoms with Crippen LogP contribution in [-0.2, 0) is 9.53 Å². The summed E-state index contributed by atoms with van der Waals surface area (Å²) in [6.45, 7) is 1.28. The number of ether oxygens (including phenoxy) is 1. The first-order valence-corrected chi connectivity index (χ1v) is 6.71. The number of amides is 1. The summed E-state index contributed by atoms with van der Waals surface area (Å²) < 4.78 is 9.53. The van der Waals surface area contributed by atoms with Gasteiger partial charge in [0.1, 0.15) is 5.00 Å².